The average Bonchev–Trinajstić information content (AvgIpc) is 4.03. The third kappa shape index (κ3) is 7.86. The lowest BCUT2D eigenvalue weighted by Crippen LogP contribution is -2.49. The molecule has 0 radical (unpaired) electrons. The van der Waals surface area contributed by atoms with Crippen LogP contribution in [0.2, 0.25) is 0 Å². The summed E-state index contributed by atoms with van der Waals surface area (Å²) in [6.07, 6.45) is 7.60. The normalized spacial score (nSPS) is 19.4. The van der Waals surface area contributed by atoms with Gasteiger partial charge in [0.1, 0.15) is 5.65 Å². The zero-order valence-electron chi connectivity index (χ0n) is 33.9. The van der Waals surface area contributed by atoms with Crippen LogP contribution in [0.5, 0.6) is 0 Å². The Kier molecular flexibility index (Phi) is 10.6. The fourth-order valence-electron chi connectivity index (χ4n) is 9.18. The van der Waals surface area contributed by atoms with E-state index in [9.17, 15) is 28.1 Å². The summed E-state index contributed by atoms with van der Waals surface area (Å²) < 4.78 is 33.0. The zero-order valence-corrected chi connectivity index (χ0v) is 34.7. The zero-order chi connectivity index (χ0) is 41.7. The van der Waals surface area contributed by atoms with Gasteiger partial charge in [0.25, 0.3) is 5.56 Å². The minimum Gasteiger partial charge on any atom is -0.351 e. The van der Waals surface area contributed by atoms with Gasteiger partial charge in [0.2, 0.25) is 21.9 Å². The summed E-state index contributed by atoms with van der Waals surface area (Å²) in [6, 6.07) is 16.5. The van der Waals surface area contributed by atoms with Crippen molar-refractivity contribution in [1.29, 1.82) is 5.26 Å². The van der Waals surface area contributed by atoms with E-state index in [0.29, 0.717) is 67.8 Å². The predicted octanol–water partition coefficient (Wildman–Crippen LogP) is 4.65. The van der Waals surface area contributed by atoms with Gasteiger partial charge in [-0.25, -0.2) is 18.2 Å². The van der Waals surface area contributed by atoms with E-state index in [1.807, 2.05) is 13.1 Å². The number of sulfonamides is 1. The molecule has 1 saturated carbocycles. The van der Waals surface area contributed by atoms with Crippen molar-refractivity contribution in [2.75, 3.05) is 49.5 Å². The van der Waals surface area contributed by atoms with Crippen LogP contribution in [-0.4, -0.2) is 99.2 Å². The highest BCUT2D eigenvalue weighted by molar-refractivity contribution is 7.89. The number of hydrogen-bond acceptors (Lipinski definition) is 11. The highest BCUT2D eigenvalue weighted by Gasteiger charge is 2.32. The largest absolute Gasteiger partial charge is 0.351 e. The summed E-state index contributed by atoms with van der Waals surface area (Å²) in [5, 5.41) is 22.1. The summed E-state index contributed by atoms with van der Waals surface area (Å²) >= 11 is 0. The number of pyridine rings is 1. The van der Waals surface area contributed by atoms with E-state index < -0.39 is 16.1 Å². The van der Waals surface area contributed by atoms with E-state index in [1.54, 1.807) is 45.8 Å². The Hall–Kier alpha value is -5.70. The number of hydrogen-bond donors (Lipinski definition) is 2. The third-order valence-corrected chi connectivity index (χ3v) is 14.5. The number of nitrogens with zero attached hydrogens (tertiary/aromatic N) is 9. The van der Waals surface area contributed by atoms with Crippen LogP contribution in [0.3, 0.4) is 0 Å². The van der Waals surface area contributed by atoms with E-state index >= 15 is 0 Å². The molecule has 4 fully saturated rings. The molecule has 1 atom stereocenters. The number of anilines is 2. The van der Waals surface area contributed by atoms with Crippen molar-refractivity contribution in [1.82, 2.24) is 38.8 Å². The first-order valence-electron chi connectivity index (χ1n) is 20.9. The minimum atomic E-state index is -3.79. The lowest BCUT2D eigenvalue weighted by Gasteiger charge is -2.34. The molecule has 1 aliphatic carbocycles. The Morgan fingerprint density at radius 2 is 1.73 bits per heavy atom. The number of benzene rings is 2. The number of carbonyl (C=O) groups excluding carboxylic acids is 2. The van der Waals surface area contributed by atoms with Crippen molar-refractivity contribution < 1.29 is 18.0 Å². The number of imide groups is 1. The fraction of sp³-hybridized carbons (Fsp3) is 0.465. The van der Waals surface area contributed by atoms with Crippen molar-refractivity contribution in [2.45, 2.75) is 81.2 Å². The summed E-state index contributed by atoms with van der Waals surface area (Å²) in [5.41, 5.74) is 3.97. The maximum absolute atomic E-state index is 14.0. The molecule has 2 aromatic carbocycles. The molecule has 3 saturated heterocycles. The highest BCUT2D eigenvalue weighted by Crippen LogP contribution is 2.36. The van der Waals surface area contributed by atoms with Gasteiger partial charge < -0.3 is 10.2 Å². The standard InChI is InChI=1S/C43H49N11O5S/c1-27(26-51-16-11-28(12-17-51)29-4-9-36-37(23-29)50(2)49-41(36)53-20-15-38(55)47-43(53)57)21-32-22-35(8-3-30(32)24-44)60(58,59)52-18-13-33(14-19-52)46-42-45-25-31-5-10-39(56)54(34-6-7-34)40(31)48-42/h3-5,8-10,22-23,25,27-28,33-34H,6-7,11-21,26H2,1-2H3,(H,45,46,48)(H,47,55,57). The number of likely N-dealkylation sites (tertiary alicyclic amines) is 1. The van der Waals surface area contributed by atoms with Crippen molar-refractivity contribution in [3.8, 4) is 6.07 Å². The number of nitrogens with one attached hydrogen (secondary N) is 2. The summed E-state index contributed by atoms with van der Waals surface area (Å²) in [4.78, 5) is 50.1. The molecule has 0 spiro atoms. The Morgan fingerprint density at radius 3 is 2.47 bits per heavy atom. The van der Waals surface area contributed by atoms with E-state index in [2.05, 4.69) is 50.7 Å². The first kappa shape index (κ1) is 39.7. The molecule has 1 unspecified atom stereocenters. The topological polar surface area (TPSA) is 191 Å². The Bertz CT molecular complexity index is 2710. The molecule has 17 heteroatoms. The van der Waals surface area contributed by atoms with Gasteiger partial charge in [0, 0.05) is 74.8 Å². The molecular formula is C43H49N11O5S. The van der Waals surface area contributed by atoms with E-state index in [-0.39, 0.29) is 40.8 Å². The Labute approximate surface area is 348 Å². The van der Waals surface area contributed by atoms with E-state index in [4.69, 9.17) is 4.98 Å². The van der Waals surface area contributed by atoms with Crippen molar-refractivity contribution in [2.24, 2.45) is 13.0 Å². The molecule has 6 heterocycles. The Morgan fingerprint density at radius 1 is 0.950 bits per heavy atom. The third-order valence-electron chi connectivity index (χ3n) is 12.6. The maximum Gasteiger partial charge on any atom is 0.329 e. The van der Waals surface area contributed by atoms with Crippen LogP contribution in [0.15, 0.2) is 64.4 Å². The van der Waals surface area contributed by atoms with E-state index in [0.717, 1.165) is 67.2 Å². The number of nitriles is 1. The number of amides is 3. The van der Waals surface area contributed by atoms with Gasteiger partial charge in [-0.1, -0.05) is 13.0 Å². The highest BCUT2D eigenvalue weighted by atomic mass is 32.2. The van der Waals surface area contributed by atoms with Crippen LogP contribution < -0.4 is 21.1 Å². The summed E-state index contributed by atoms with van der Waals surface area (Å²) in [7, 11) is -1.92. The molecule has 16 nitrogen and oxygen atoms in total. The van der Waals surface area contributed by atoms with Crippen molar-refractivity contribution >= 4 is 55.7 Å². The monoisotopic (exact) mass is 831 g/mol. The molecule has 3 amide bonds. The van der Waals surface area contributed by atoms with Gasteiger partial charge >= 0.3 is 6.03 Å². The Balaban J connectivity index is 0.795. The molecule has 3 aromatic heterocycles. The van der Waals surface area contributed by atoms with Gasteiger partial charge in [-0.05, 0) is 117 Å². The van der Waals surface area contributed by atoms with Crippen LogP contribution in [0.4, 0.5) is 16.6 Å². The quantitative estimate of drug-likeness (QED) is 0.188. The molecule has 4 aliphatic rings. The molecular weight excluding hydrogens is 783 g/mol. The minimum absolute atomic E-state index is 0.0238. The smallest absolute Gasteiger partial charge is 0.329 e. The number of urea groups is 1. The number of piperidine rings is 2. The van der Waals surface area contributed by atoms with Gasteiger partial charge in [-0.2, -0.15) is 19.6 Å². The SMILES string of the molecule is CC(Cc1cc(S(=O)(=O)N2CCC(Nc3ncc4ccc(=O)n(C5CC5)c4n3)CC2)ccc1C#N)CN1CCC(c2ccc3c(N4CCC(=O)NC4=O)nn(C)c3c2)CC1. The number of fused-ring (bicyclic) bond motifs is 2. The average molecular weight is 832 g/mol. The van der Waals surface area contributed by atoms with Gasteiger partial charge in [0.15, 0.2) is 5.82 Å². The first-order chi connectivity index (χ1) is 28.9. The molecule has 0 bridgehead atoms. The van der Waals surface area contributed by atoms with Crippen LogP contribution in [0.1, 0.15) is 80.5 Å². The summed E-state index contributed by atoms with van der Waals surface area (Å²) in [5.74, 6) is 1.28. The maximum atomic E-state index is 14.0. The predicted molar refractivity (Wildman–Crippen MR) is 226 cm³/mol. The van der Waals surface area contributed by atoms with Crippen LogP contribution in [-0.2, 0) is 28.3 Å². The first-order valence-corrected chi connectivity index (χ1v) is 22.4. The second kappa shape index (κ2) is 16.1. The van der Waals surface area contributed by atoms with E-state index in [1.165, 1.54) is 14.8 Å². The summed E-state index contributed by atoms with van der Waals surface area (Å²) in [6.45, 7) is 5.80. The van der Waals surface area contributed by atoms with Crippen LogP contribution in [0.25, 0.3) is 21.9 Å². The molecule has 5 aromatic rings. The van der Waals surface area contributed by atoms with Crippen LogP contribution in [0, 0.1) is 17.2 Å². The number of carbonyl (C=O) groups is 2. The van der Waals surface area contributed by atoms with Crippen LogP contribution >= 0.6 is 0 Å². The number of rotatable bonds is 11. The molecule has 60 heavy (non-hydrogen) atoms. The second-order valence-corrected chi connectivity index (χ2v) is 18.8. The van der Waals surface area contributed by atoms with Gasteiger partial charge in [0.05, 0.1) is 22.0 Å². The lowest BCUT2D eigenvalue weighted by molar-refractivity contribution is -0.120. The molecule has 9 rings (SSSR count). The van der Waals surface area contributed by atoms with Crippen molar-refractivity contribution in [3.05, 3.63) is 81.8 Å². The fourth-order valence-corrected chi connectivity index (χ4v) is 10.7. The van der Waals surface area contributed by atoms with Gasteiger partial charge in [-0.15, -0.1) is 0 Å². The molecule has 3 aliphatic heterocycles. The molecule has 2 N–H and O–H groups in total. The number of aromatic nitrogens is 5. The molecule has 312 valence electrons. The van der Waals surface area contributed by atoms with Crippen molar-refractivity contribution in [3.63, 3.8) is 0 Å². The second-order valence-electron chi connectivity index (χ2n) is 16.9. The lowest BCUT2D eigenvalue weighted by atomic mass is 9.88. The van der Waals surface area contributed by atoms with Gasteiger partial charge in [-0.3, -0.25) is 29.1 Å². The number of aryl methyl sites for hydroxylation is 1.